The molecule has 1 amide bonds. The van der Waals surface area contributed by atoms with E-state index in [1.54, 1.807) is 0 Å². The average molecular weight is 295 g/mol. The molecule has 3 nitrogen and oxygen atoms in total. The third-order valence-corrected chi connectivity index (χ3v) is 4.78. The lowest BCUT2D eigenvalue weighted by Gasteiger charge is -2.42. The molecule has 1 aliphatic heterocycles. The lowest BCUT2D eigenvalue weighted by atomic mass is 9.75. The molecule has 21 heavy (non-hydrogen) atoms. The average Bonchev–Trinajstić information content (AvgIpc) is 2.94. The minimum atomic E-state index is -3.67. The van der Waals surface area contributed by atoms with Crippen LogP contribution in [0.3, 0.4) is 0 Å². The summed E-state index contributed by atoms with van der Waals surface area (Å²) in [7, 11) is 0. The Kier molecular flexibility index (Phi) is 3.48. The van der Waals surface area contributed by atoms with Crippen molar-refractivity contribution in [2.45, 2.75) is 43.1 Å². The number of amides is 1. The largest absolute Gasteiger partial charge is 0.383 e. The van der Waals surface area contributed by atoms with Crippen molar-refractivity contribution in [3.63, 3.8) is 0 Å². The Bertz CT molecular complexity index is 528. The second-order valence-corrected chi connectivity index (χ2v) is 6.11. The van der Waals surface area contributed by atoms with E-state index in [1.165, 1.54) is 4.90 Å². The van der Waals surface area contributed by atoms with E-state index in [0.717, 1.165) is 5.56 Å². The number of nitrogens with zero attached hydrogens (tertiary/aromatic N) is 1. The van der Waals surface area contributed by atoms with Gasteiger partial charge in [-0.3, -0.25) is 4.79 Å². The highest BCUT2D eigenvalue weighted by Crippen LogP contribution is 2.45. The summed E-state index contributed by atoms with van der Waals surface area (Å²) in [5, 5.41) is 9.85. The Morgan fingerprint density at radius 1 is 1.29 bits per heavy atom. The van der Waals surface area contributed by atoms with Crippen LogP contribution in [0.25, 0.3) is 0 Å². The lowest BCUT2D eigenvalue weighted by Crippen LogP contribution is -2.61. The van der Waals surface area contributed by atoms with Gasteiger partial charge in [-0.15, -0.1) is 0 Å². The van der Waals surface area contributed by atoms with E-state index < -0.39 is 17.4 Å². The van der Waals surface area contributed by atoms with E-state index in [2.05, 4.69) is 0 Å². The van der Waals surface area contributed by atoms with Gasteiger partial charge in [0, 0.05) is 19.0 Å². The van der Waals surface area contributed by atoms with Crippen molar-refractivity contribution in [3.8, 4) is 0 Å². The van der Waals surface area contributed by atoms with Gasteiger partial charge in [0.15, 0.2) is 0 Å². The molecule has 0 aromatic heterocycles. The number of likely N-dealkylation sites (tertiary alicyclic amines) is 1. The fourth-order valence-electron chi connectivity index (χ4n) is 3.17. The predicted octanol–water partition coefficient (Wildman–Crippen LogP) is 2.55. The van der Waals surface area contributed by atoms with Crippen LogP contribution in [-0.2, 0) is 4.79 Å². The maximum absolute atomic E-state index is 14.2. The van der Waals surface area contributed by atoms with E-state index in [-0.39, 0.29) is 18.8 Å². The first-order chi connectivity index (χ1) is 9.94. The van der Waals surface area contributed by atoms with Crippen LogP contribution in [0.5, 0.6) is 0 Å². The summed E-state index contributed by atoms with van der Waals surface area (Å²) in [5.74, 6) is -4.79. The predicted molar refractivity (Wildman–Crippen MR) is 74.1 cm³/mol. The number of benzene rings is 1. The standard InChI is InChI=1S/C16H19F2NO2/c17-16(18,15(21)8-4-9-15)14(20)19-10-7-13(11-19)12-5-2-1-3-6-12/h1-3,5-6,13,21H,4,7-11H2. The van der Waals surface area contributed by atoms with Gasteiger partial charge in [0.2, 0.25) is 0 Å². The van der Waals surface area contributed by atoms with Gasteiger partial charge in [-0.1, -0.05) is 30.3 Å². The second kappa shape index (κ2) is 5.05. The van der Waals surface area contributed by atoms with Crippen molar-refractivity contribution in [1.29, 1.82) is 0 Å². The fourth-order valence-corrected chi connectivity index (χ4v) is 3.17. The van der Waals surface area contributed by atoms with E-state index >= 15 is 0 Å². The number of hydrogen-bond acceptors (Lipinski definition) is 2. The van der Waals surface area contributed by atoms with E-state index in [9.17, 15) is 18.7 Å². The zero-order valence-electron chi connectivity index (χ0n) is 11.8. The third-order valence-electron chi connectivity index (χ3n) is 4.78. The first-order valence-corrected chi connectivity index (χ1v) is 7.38. The Morgan fingerprint density at radius 2 is 1.95 bits per heavy atom. The topological polar surface area (TPSA) is 40.5 Å². The van der Waals surface area contributed by atoms with Crippen LogP contribution in [0.1, 0.15) is 37.2 Å². The van der Waals surface area contributed by atoms with Crippen molar-refractivity contribution in [3.05, 3.63) is 35.9 Å². The molecule has 0 bridgehead atoms. The summed E-state index contributed by atoms with van der Waals surface area (Å²) in [6, 6.07) is 9.63. The van der Waals surface area contributed by atoms with Crippen LogP contribution in [0.15, 0.2) is 30.3 Å². The van der Waals surface area contributed by atoms with Crippen molar-refractivity contribution in [2.24, 2.45) is 0 Å². The molecule has 1 aromatic rings. The normalized spacial score (nSPS) is 24.7. The molecule has 1 heterocycles. The fraction of sp³-hybridized carbons (Fsp3) is 0.562. The van der Waals surface area contributed by atoms with Gasteiger partial charge in [0.1, 0.15) is 5.60 Å². The van der Waals surface area contributed by atoms with Crippen LogP contribution >= 0.6 is 0 Å². The second-order valence-electron chi connectivity index (χ2n) is 6.11. The molecule has 1 saturated carbocycles. The highest BCUT2D eigenvalue weighted by atomic mass is 19.3. The molecule has 2 fully saturated rings. The molecular formula is C16H19F2NO2. The zero-order chi connectivity index (χ0) is 15.1. The van der Waals surface area contributed by atoms with Gasteiger partial charge < -0.3 is 10.0 Å². The Morgan fingerprint density at radius 3 is 2.52 bits per heavy atom. The van der Waals surface area contributed by atoms with E-state index in [4.69, 9.17) is 0 Å². The molecule has 5 heteroatoms. The van der Waals surface area contributed by atoms with Crippen LogP contribution < -0.4 is 0 Å². The molecule has 0 radical (unpaired) electrons. The Hall–Kier alpha value is -1.49. The molecule has 114 valence electrons. The van der Waals surface area contributed by atoms with Crippen molar-refractivity contribution < 1.29 is 18.7 Å². The summed E-state index contributed by atoms with van der Waals surface area (Å²) in [6.45, 7) is 0.624. The maximum Gasteiger partial charge on any atom is 0.352 e. The molecular weight excluding hydrogens is 276 g/mol. The van der Waals surface area contributed by atoms with E-state index in [0.29, 0.717) is 25.9 Å². The van der Waals surface area contributed by atoms with Crippen molar-refractivity contribution >= 4 is 5.91 Å². The van der Waals surface area contributed by atoms with Gasteiger partial charge in [0.05, 0.1) is 0 Å². The van der Waals surface area contributed by atoms with Gasteiger partial charge in [0.25, 0.3) is 5.91 Å². The molecule has 1 N–H and O–H groups in total. The quantitative estimate of drug-likeness (QED) is 0.931. The van der Waals surface area contributed by atoms with Crippen LogP contribution in [-0.4, -0.2) is 40.5 Å². The number of carbonyl (C=O) groups is 1. The maximum atomic E-state index is 14.2. The van der Waals surface area contributed by atoms with Gasteiger partial charge in [-0.25, -0.2) is 0 Å². The van der Waals surface area contributed by atoms with E-state index in [1.807, 2.05) is 30.3 Å². The smallest absolute Gasteiger partial charge is 0.352 e. The molecule has 1 saturated heterocycles. The molecule has 1 aliphatic carbocycles. The van der Waals surface area contributed by atoms with Gasteiger partial charge >= 0.3 is 5.92 Å². The minimum absolute atomic E-state index is 0.00168. The number of alkyl halides is 2. The number of carbonyl (C=O) groups excluding carboxylic acids is 1. The number of aliphatic hydroxyl groups is 1. The first kappa shape index (κ1) is 14.4. The van der Waals surface area contributed by atoms with Crippen LogP contribution in [0.4, 0.5) is 8.78 Å². The molecule has 1 atom stereocenters. The minimum Gasteiger partial charge on any atom is -0.383 e. The monoisotopic (exact) mass is 295 g/mol. The highest BCUT2D eigenvalue weighted by Gasteiger charge is 2.62. The summed E-state index contributed by atoms with van der Waals surface area (Å²) in [6.07, 6.45) is 1.24. The molecule has 1 aromatic carbocycles. The SMILES string of the molecule is O=C(N1CCC(c2ccccc2)C1)C(F)(F)C1(O)CCC1. The zero-order valence-corrected chi connectivity index (χ0v) is 11.8. The molecule has 2 aliphatic rings. The van der Waals surface area contributed by atoms with Gasteiger partial charge in [-0.2, -0.15) is 8.78 Å². The number of hydrogen-bond donors (Lipinski definition) is 1. The summed E-state index contributed by atoms with van der Waals surface area (Å²) in [5.41, 5.74) is -1.06. The number of halogens is 2. The van der Waals surface area contributed by atoms with Crippen molar-refractivity contribution in [2.75, 3.05) is 13.1 Å². The Balaban J connectivity index is 1.70. The molecule has 3 rings (SSSR count). The Labute approximate surface area is 122 Å². The molecule has 1 unspecified atom stereocenters. The highest BCUT2D eigenvalue weighted by molar-refractivity contribution is 5.85. The summed E-state index contributed by atoms with van der Waals surface area (Å²) < 4.78 is 28.4. The summed E-state index contributed by atoms with van der Waals surface area (Å²) in [4.78, 5) is 13.3. The molecule has 0 spiro atoms. The van der Waals surface area contributed by atoms with Crippen LogP contribution in [0, 0.1) is 0 Å². The van der Waals surface area contributed by atoms with Crippen LogP contribution in [0.2, 0.25) is 0 Å². The summed E-state index contributed by atoms with van der Waals surface area (Å²) >= 11 is 0. The third kappa shape index (κ3) is 2.33. The van der Waals surface area contributed by atoms with Gasteiger partial charge in [-0.05, 0) is 31.2 Å². The lowest BCUT2D eigenvalue weighted by molar-refractivity contribution is -0.222. The number of rotatable bonds is 3. The van der Waals surface area contributed by atoms with Crippen molar-refractivity contribution in [1.82, 2.24) is 4.90 Å². The first-order valence-electron chi connectivity index (χ1n) is 7.38.